The van der Waals surface area contributed by atoms with Gasteiger partial charge in [0.15, 0.2) is 11.6 Å². The van der Waals surface area contributed by atoms with Crippen LogP contribution in [-0.4, -0.2) is 111 Å². The van der Waals surface area contributed by atoms with Gasteiger partial charge in [0.2, 0.25) is 23.6 Å². The number of carbonyl (C=O) groups is 5. The average Bonchev–Trinajstić information content (AvgIpc) is 2.32. The molecule has 7 aliphatic rings. The number of rotatable bonds is 18. The monoisotopic (exact) mass is 1220 g/mol. The number of nitrogens with zero attached hydrogens (tertiary/aromatic N) is 3. The predicted molar refractivity (Wildman–Crippen MR) is 331 cm³/mol. The van der Waals surface area contributed by atoms with Crippen molar-refractivity contribution in [1.82, 2.24) is 30.7 Å². The number of hydrogen-bond donors (Lipinski definition) is 4. The molecule has 4 N–H and O–H groups in total. The van der Waals surface area contributed by atoms with Crippen LogP contribution in [0.15, 0.2) is 66.7 Å². The zero-order valence-corrected chi connectivity index (χ0v) is 53.2. The van der Waals surface area contributed by atoms with Gasteiger partial charge in [-0.05, 0) is 176 Å². The molecule has 0 radical (unpaired) electrons. The summed E-state index contributed by atoms with van der Waals surface area (Å²) in [7, 11) is 0. The van der Waals surface area contributed by atoms with E-state index in [9.17, 15) is 42.3 Å². The molecule has 5 heterocycles. The molecule has 4 aliphatic heterocycles. The van der Waals surface area contributed by atoms with E-state index in [2.05, 4.69) is 109 Å². The molecule has 6 fully saturated rings. The molecule has 3 saturated carbocycles. The third-order valence-corrected chi connectivity index (χ3v) is 21.8. The first-order valence-electron chi connectivity index (χ1n) is 32.4. The predicted octanol–water partition coefficient (Wildman–Crippen LogP) is 11.7. The summed E-state index contributed by atoms with van der Waals surface area (Å²) >= 11 is 1.29. The zero-order chi connectivity index (χ0) is 62.1. The number of benzene rings is 3. The Morgan fingerprint density at radius 3 is 2.06 bits per heavy atom. The van der Waals surface area contributed by atoms with Crippen molar-refractivity contribution in [1.29, 1.82) is 0 Å². The summed E-state index contributed by atoms with van der Waals surface area (Å²) in [6, 6.07) is 16.1. The Labute approximate surface area is 516 Å². The van der Waals surface area contributed by atoms with Crippen LogP contribution in [0.3, 0.4) is 0 Å². The fraction of sp³-hybridized carbons (Fsp3) is 0.614. The second kappa shape index (κ2) is 25.2. The van der Waals surface area contributed by atoms with Gasteiger partial charge in [0.05, 0.1) is 10.9 Å². The number of aliphatic hydroxyl groups excluding tert-OH is 1. The van der Waals surface area contributed by atoms with Crippen molar-refractivity contribution in [3.05, 3.63) is 111 Å². The fourth-order valence-electron chi connectivity index (χ4n) is 15.6. The molecule has 17 heteroatoms. The first kappa shape index (κ1) is 62.8. The van der Waals surface area contributed by atoms with Gasteiger partial charge in [0, 0.05) is 65.6 Å². The Morgan fingerprint density at radius 1 is 0.701 bits per heavy atom. The van der Waals surface area contributed by atoms with Crippen molar-refractivity contribution in [2.45, 2.75) is 200 Å². The molecule has 3 saturated heterocycles. The van der Waals surface area contributed by atoms with Crippen LogP contribution < -0.4 is 20.7 Å². The normalized spacial score (nSPS) is 29.8. The highest BCUT2D eigenvalue weighted by atomic mass is 32.1. The second-order valence-electron chi connectivity index (χ2n) is 29.3. The minimum absolute atomic E-state index is 0.0345. The average molecular weight is 1220 g/mol. The minimum Gasteiger partial charge on any atom is -0.488 e. The van der Waals surface area contributed by atoms with Crippen LogP contribution in [0, 0.1) is 70.7 Å². The molecule has 5 amide bonds. The van der Waals surface area contributed by atoms with Crippen LogP contribution in [-0.2, 0) is 31.2 Å². The minimum atomic E-state index is -0.965. The summed E-state index contributed by atoms with van der Waals surface area (Å²) in [6.07, 6.45) is 5.78. The van der Waals surface area contributed by atoms with Gasteiger partial charge in [0.1, 0.15) is 36.5 Å². The van der Waals surface area contributed by atoms with E-state index >= 15 is 0 Å². The smallest absolute Gasteiger partial charge is 0.264 e. The van der Waals surface area contributed by atoms with E-state index in [1.54, 1.807) is 21.9 Å². The van der Waals surface area contributed by atoms with Crippen molar-refractivity contribution in [3.8, 4) is 16.2 Å². The standard InChI is InChI=1S/C70H91F3N6O7S/c1-36(2)21-48-32-77(69(85)62-28-45-35-86-61-20-18-47(71)29-53(61)63(45)87-62)59(64(80)74-48)24-38(5)23-40(7)56-33-78(68(84)52-31-50(52)43-15-19-54(72)55(73)27-43)60(66(82)75-56)25-39(6)42-11-12-44(26-42)57-34-79(58(22-37(3)4)65(81)76-57)67(83)51-30-49(51)41-13-16-46(17-14-41)70(8,9)10/h13-20,27-29,36-40,42,44,48-52,56-60,65,76,81H,11-12,21-26,30-35H2,1-10H3,(H,74,80)(H,75,82)/t38?,39?,40?,42?,44?,48-,49-,50-,51+,52+,56+,57+,58-,59-,60-,65?/m0/s1. The summed E-state index contributed by atoms with van der Waals surface area (Å²) in [5.41, 5.74) is 4.42. The van der Waals surface area contributed by atoms with E-state index < -0.39 is 47.7 Å². The molecule has 470 valence electrons. The second-order valence-corrected chi connectivity index (χ2v) is 30.3. The number of fused-ring (bicyclic) bond motifs is 3. The van der Waals surface area contributed by atoms with Crippen molar-refractivity contribution < 1.29 is 47.0 Å². The van der Waals surface area contributed by atoms with Gasteiger partial charge >= 0.3 is 0 Å². The molecule has 0 spiro atoms. The maximum absolute atomic E-state index is 15.0. The molecule has 16 atom stereocenters. The van der Waals surface area contributed by atoms with Gasteiger partial charge < -0.3 is 35.2 Å². The molecule has 13 nitrogen and oxygen atoms in total. The Morgan fingerprint density at radius 2 is 1.37 bits per heavy atom. The lowest BCUT2D eigenvalue weighted by Crippen LogP contribution is -2.65. The molecule has 0 bridgehead atoms. The topological polar surface area (TPSA) is 161 Å². The van der Waals surface area contributed by atoms with Crippen molar-refractivity contribution in [3.63, 3.8) is 0 Å². The summed E-state index contributed by atoms with van der Waals surface area (Å²) in [5, 5.41) is 21.9. The maximum Gasteiger partial charge on any atom is 0.264 e. The highest BCUT2D eigenvalue weighted by Gasteiger charge is 2.53. The van der Waals surface area contributed by atoms with E-state index in [0.717, 1.165) is 42.2 Å². The van der Waals surface area contributed by atoms with Gasteiger partial charge in [-0.3, -0.25) is 29.3 Å². The third-order valence-electron chi connectivity index (χ3n) is 20.6. The maximum atomic E-state index is 15.0. The van der Waals surface area contributed by atoms with E-state index in [0.29, 0.717) is 73.4 Å². The van der Waals surface area contributed by atoms with E-state index in [-0.39, 0.29) is 125 Å². The fourth-order valence-corrected chi connectivity index (χ4v) is 16.7. The number of carbonyl (C=O) groups excluding carboxylic acids is 5. The van der Waals surface area contributed by atoms with E-state index in [1.807, 2.05) is 4.90 Å². The lowest BCUT2D eigenvalue weighted by Gasteiger charge is -2.46. The van der Waals surface area contributed by atoms with Gasteiger partial charge in [-0.25, -0.2) is 13.2 Å². The molecule has 1 aromatic heterocycles. The molecule has 3 aromatic carbocycles. The number of hydrogen-bond acceptors (Lipinski definition) is 9. The van der Waals surface area contributed by atoms with E-state index in [4.69, 9.17) is 4.74 Å². The summed E-state index contributed by atoms with van der Waals surface area (Å²) in [4.78, 5) is 80.0. The Hall–Kier alpha value is -5.78. The quantitative estimate of drug-likeness (QED) is 0.0766. The number of ether oxygens (including phenoxy) is 1. The molecular weight excluding hydrogens is 1130 g/mol. The van der Waals surface area contributed by atoms with Crippen LogP contribution in [0.5, 0.6) is 5.75 Å². The Kier molecular flexibility index (Phi) is 18.2. The molecule has 11 rings (SSSR count). The van der Waals surface area contributed by atoms with Gasteiger partial charge in [0.25, 0.3) is 5.91 Å². The highest BCUT2D eigenvalue weighted by Crippen LogP contribution is 2.52. The number of piperazine rings is 3. The van der Waals surface area contributed by atoms with Crippen molar-refractivity contribution in [2.75, 3.05) is 19.6 Å². The number of halogens is 3. The first-order valence-corrected chi connectivity index (χ1v) is 33.2. The van der Waals surface area contributed by atoms with Gasteiger partial charge in [-0.1, -0.05) is 99.6 Å². The third kappa shape index (κ3) is 13.6. The molecule has 6 unspecified atom stereocenters. The SMILES string of the molecule is CC(C)C[C@H]1CN(C(=O)c2cc3c(s2)-c2cc(F)ccc2OC3)[C@@H](CC(C)CC(C)[C@H]2CN(C(=O)[C@@H]3C[C@H]3c3ccc(F)c(F)c3)[C@@H](CC(C)C3CCC([C@H]4CN(C(=O)[C@@H]5C[C@H]5c5ccc(C(C)(C)C)cc5)[C@@H](CC(C)C)C(O)N4)C3)C(=O)N2)C(=O)N1. The Bertz CT molecular complexity index is 3220. The molecule has 3 aliphatic carbocycles. The lowest BCUT2D eigenvalue weighted by atomic mass is 9.82. The molecule has 4 aromatic rings. The van der Waals surface area contributed by atoms with Crippen LogP contribution in [0.2, 0.25) is 0 Å². The first-order chi connectivity index (χ1) is 41.3. The van der Waals surface area contributed by atoms with Crippen LogP contribution in [0.1, 0.15) is 177 Å². The van der Waals surface area contributed by atoms with Crippen LogP contribution in [0.4, 0.5) is 13.2 Å². The molecule has 87 heavy (non-hydrogen) atoms. The summed E-state index contributed by atoms with van der Waals surface area (Å²) in [6.45, 7) is 22.7. The van der Waals surface area contributed by atoms with Crippen LogP contribution >= 0.6 is 11.3 Å². The largest absolute Gasteiger partial charge is 0.488 e. The summed E-state index contributed by atoms with van der Waals surface area (Å²) < 4.78 is 49.1. The highest BCUT2D eigenvalue weighted by molar-refractivity contribution is 7.17. The number of nitrogens with one attached hydrogen (secondary N) is 3. The Balaban J connectivity index is 0.763. The van der Waals surface area contributed by atoms with Crippen molar-refractivity contribution >= 4 is 40.9 Å². The number of aliphatic hydroxyl groups is 1. The van der Waals surface area contributed by atoms with Gasteiger partial charge in [-0.15, -0.1) is 11.3 Å². The van der Waals surface area contributed by atoms with Crippen LogP contribution in [0.25, 0.3) is 10.4 Å². The van der Waals surface area contributed by atoms with Gasteiger partial charge in [-0.2, -0.15) is 0 Å². The zero-order valence-electron chi connectivity index (χ0n) is 52.4. The van der Waals surface area contributed by atoms with E-state index in [1.165, 1.54) is 46.7 Å². The lowest BCUT2D eigenvalue weighted by molar-refractivity contribution is -0.147. The molecular formula is C70H91F3N6O7S. The number of thiophene rings is 1. The van der Waals surface area contributed by atoms with Crippen molar-refractivity contribution in [2.24, 2.45) is 53.3 Å². The number of amides is 5. The summed E-state index contributed by atoms with van der Waals surface area (Å²) in [5.74, 6) is -2.56.